The van der Waals surface area contributed by atoms with E-state index < -0.39 is 0 Å². The van der Waals surface area contributed by atoms with Gasteiger partial charge in [-0.15, -0.1) is 11.3 Å². The average Bonchev–Trinajstić information content (AvgIpc) is 2.90. The first-order chi connectivity index (χ1) is 8.16. The van der Waals surface area contributed by atoms with E-state index >= 15 is 0 Å². The van der Waals surface area contributed by atoms with Crippen molar-refractivity contribution in [3.63, 3.8) is 0 Å². The maximum absolute atomic E-state index is 11.8. The molecule has 2 heterocycles. The minimum Gasteiger partial charge on any atom is -0.351 e. The highest BCUT2D eigenvalue weighted by atomic mass is 79.9. The van der Waals surface area contributed by atoms with E-state index in [9.17, 15) is 4.79 Å². The van der Waals surface area contributed by atoms with Gasteiger partial charge >= 0.3 is 0 Å². The molecule has 0 fully saturated rings. The largest absolute Gasteiger partial charge is 0.351 e. The van der Waals surface area contributed by atoms with Crippen LogP contribution in [0.5, 0.6) is 0 Å². The smallest absolute Gasteiger partial charge is 0.261 e. The second-order valence-electron chi connectivity index (χ2n) is 3.70. The molecule has 2 aromatic rings. The molecular formula is C12H12BrNOS2. The van der Waals surface area contributed by atoms with Crippen LogP contribution < -0.4 is 5.32 Å². The molecule has 0 aromatic carbocycles. The molecule has 90 valence electrons. The Morgan fingerprint density at radius 1 is 1.53 bits per heavy atom. The zero-order valence-corrected chi connectivity index (χ0v) is 12.5. The van der Waals surface area contributed by atoms with E-state index in [1.807, 2.05) is 13.0 Å². The summed E-state index contributed by atoms with van der Waals surface area (Å²) >= 11 is 6.58. The summed E-state index contributed by atoms with van der Waals surface area (Å²) in [5, 5.41) is 7.09. The second kappa shape index (κ2) is 5.80. The summed E-state index contributed by atoms with van der Waals surface area (Å²) < 4.78 is 1.03. The highest BCUT2D eigenvalue weighted by molar-refractivity contribution is 9.11. The molecule has 2 aromatic heterocycles. The molecule has 2 rings (SSSR count). The van der Waals surface area contributed by atoms with Crippen LogP contribution in [0.15, 0.2) is 26.7 Å². The van der Waals surface area contributed by atoms with Crippen LogP contribution >= 0.6 is 38.6 Å². The summed E-state index contributed by atoms with van der Waals surface area (Å²) in [5.41, 5.74) is 2.39. The highest BCUT2D eigenvalue weighted by Gasteiger charge is 2.10. The van der Waals surface area contributed by atoms with Crippen molar-refractivity contribution < 1.29 is 4.79 Å². The first-order valence-electron chi connectivity index (χ1n) is 5.22. The average molecular weight is 330 g/mol. The lowest BCUT2D eigenvalue weighted by molar-refractivity contribution is 0.0958. The minimum atomic E-state index is 0.0130. The molecule has 1 N–H and O–H groups in total. The molecule has 0 saturated carbocycles. The predicted molar refractivity (Wildman–Crippen MR) is 77.1 cm³/mol. The van der Waals surface area contributed by atoms with Crippen molar-refractivity contribution in [1.29, 1.82) is 0 Å². The molecule has 1 amide bonds. The lowest BCUT2D eigenvalue weighted by atomic mass is 10.2. The van der Waals surface area contributed by atoms with E-state index in [0.717, 1.165) is 20.6 Å². The summed E-state index contributed by atoms with van der Waals surface area (Å²) in [6, 6.07) is 4.00. The Labute approximate surface area is 117 Å². The number of carbonyl (C=O) groups excluding carboxylic acids is 1. The molecule has 0 unspecified atom stereocenters. The van der Waals surface area contributed by atoms with E-state index in [4.69, 9.17) is 0 Å². The lowest BCUT2D eigenvalue weighted by Crippen LogP contribution is -2.24. The van der Waals surface area contributed by atoms with Gasteiger partial charge in [0.25, 0.3) is 5.91 Å². The Bertz CT molecular complexity index is 485. The summed E-state index contributed by atoms with van der Waals surface area (Å²) in [5.74, 6) is 0.0130. The number of aryl methyl sites for hydroxylation is 1. The van der Waals surface area contributed by atoms with Crippen LogP contribution in [0.2, 0.25) is 0 Å². The minimum absolute atomic E-state index is 0.0130. The number of amides is 1. The summed E-state index contributed by atoms with van der Waals surface area (Å²) in [7, 11) is 0. The van der Waals surface area contributed by atoms with Crippen molar-refractivity contribution in [2.75, 3.05) is 6.54 Å². The van der Waals surface area contributed by atoms with Gasteiger partial charge in [0, 0.05) is 6.54 Å². The van der Waals surface area contributed by atoms with Crippen LogP contribution in [-0.4, -0.2) is 12.5 Å². The van der Waals surface area contributed by atoms with Crippen molar-refractivity contribution in [1.82, 2.24) is 5.32 Å². The van der Waals surface area contributed by atoms with Crippen molar-refractivity contribution in [2.45, 2.75) is 13.3 Å². The van der Waals surface area contributed by atoms with Gasteiger partial charge in [-0.25, -0.2) is 0 Å². The SMILES string of the molecule is Cc1cc(C(=O)NCCc2ccsc2)sc1Br. The van der Waals surface area contributed by atoms with Crippen LogP contribution in [0.3, 0.4) is 0 Å². The van der Waals surface area contributed by atoms with Gasteiger partial charge in [-0.1, -0.05) is 0 Å². The topological polar surface area (TPSA) is 29.1 Å². The van der Waals surface area contributed by atoms with Crippen LogP contribution in [0.25, 0.3) is 0 Å². The zero-order valence-electron chi connectivity index (χ0n) is 9.33. The van der Waals surface area contributed by atoms with Gasteiger partial charge in [0.2, 0.25) is 0 Å². The van der Waals surface area contributed by atoms with Crippen LogP contribution in [0, 0.1) is 6.92 Å². The first kappa shape index (κ1) is 12.8. The van der Waals surface area contributed by atoms with Crippen molar-refractivity contribution >= 4 is 44.5 Å². The van der Waals surface area contributed by atoms with Gasteiger partial charge in [0.15, 0.2) is 0 Å². The van der Waals surface area contributed by atoms with Gasteiger partial charge in [0.1, 0.15) is 0 Å². The Morgan fingerprint density at radius 2 is 2.35 bits per heavy atom. The van der Waals surface area contributed by atoms with E-state index in [1.165, 1.54) is 16.9 Å². The van der Waals surface area contributed by atoms with Gasteiger partial charge in [-0.3, -0.25) is 4.79 Å². The van der Waals surface area contributed by atoms with Crippen molar-refractivity contribution in [3.8, 4) is 0 Å². The van der Waals surface area contributed by atoms with Crippen molar-refractivity contribution in [3.05, 3.63) is 42.7 Å². The van der Waals surface area contributed by atoms with Gasteiger partial charge in [-0.05, 0) is 63.3 Å². The third-order valence-electron chi connectivity index (χ3n) is 2.36. The molecule has 0 bridgehead atoms. The first-order valence-corrected chi connectivity index (χ1v) is 7.77. The number of hydrogen-bond acceptors (Lipinski definition) is 3. The Kier molecular flexibility index (Phi) is 4.36. The monoisotopic (exact) mass is 329 g/mol. The van der Waals surface area contributed by atoms with Crippen LogP contribution in [-0.2, 0) is 6.42 Å². The fourth-order valence-electron chi connectivity index (χ4n) is 1.41. The summed E-state index contributed by atoms with van der Waals surface area (Å²) in [6.07, 6.45) is 0.890. The van der Waals surface area contributed by atoms with Crippen LogP contribution in [0.1, 0.15) is 20.8 Å². The Balaban J connectivity index is 1.85. The lowest BCUT2D eigenvalue weighted by Gasteiger charge is -2.01. The molecular weight excluding hydrogens is 318 g/mol. The fourth-order valence-corrected chi connectivity index (χ4v) is 3.57. The number of halogens is 1. The summed E-state index contributed by atoms with van der Waals surface area (Å²) in [6.45, 7) is 2.67. The van der Waals surface area contributed by atoms with Gasteiger partial charge in [-0.2, -0.15) is 11.3 Å². The third-order valence-corrected chi connectivity index (χ3v) is 5.23. The molecule has 0 spiro atoms. The van der Waals surface area contributed by atoms with E-state index in [1.54, 1.807) is 11.3 Å². The molecule has 2 nitrogen and oxygen atoms in total. The summed E-state index contributed by atoms with van der Waals surface area (Å²) in [4.78, 5) is 12.6. The molecule has 0 saturated heterocycles. The van der Waals surface area contributed by atoms with Gasteiger partial charge in [0.05, 0.1) is 8.66 Å². The number of nitrogens with one attached hydrogen (secondary N) is 1. The van der Waals surface area contributed by atoms with E-state index in [-0.39, 0.29) is 5.91 Å². The number of rotatable bonds is 4. The van der Waals surface area contributed by atoms with Gasteiger partial charge < -0.3 is 5.32 Å². The molecule has 5 heteroatoms. The molecule has 0 radical (unpaired) electrons. The maximum Gasteiger partial charge on any atom is 0.261 e. The third kappa shape index (κ3) is 3.40. The highest BCUT2D eigenvalue weighted by Crippen LogP contribution is 2.27. The molecule has 0 aliphatic carbocycles. The Morgan fingerprint density at radius 3 is 2.94 bits per heavy atom. The molecule has 0 atom stereocenters. The maximum atomic E-state index is 11.8. The number of carbonyl (C=O) groups is 1. The number of thiophene rings is 2. The predicted octanol–water partition coefficient (Wildman–Crippen LogP) is 3.85. The Hall–Kier alpha value is -0.650. The molecule has 17 heavy (non-hydrogen) atoms. The normalized spacial score (nSPS) is 10.5. The molecule has 0 aliphatic heterocycles. The number of hydrogen-bond donors (Lipinski definition) is 1. The quantitative estimate of drug-likeness (QED) is 0.906. The zero-order chi connectivity index (χ0) is 12.3. The fraction of sp³-hybridized carbons (Fsp3) is 0.250. The van der Waals surface area contributed by atoms with E-state index in [0.29, 0.717) is 6.54 Å². The second-order valence-corrected chi connectivity index (χ2v) is 6.85. The standard InChI is InChI=1S/C12H12BrNOS2/c1-8-6-10(17-11(8)13)12(15)14-4-2-9-3-5-16-7-9/h3,5-7H,2,4H2,1H3,(H,14,15). The van der Waals surface area contributed by atoms with Crippen molar-refractivity contribution in [2.24, 2.45) is 0 Å². The van der Waals surface area contributed by atoms with E-state index in [2.05, 4.69) is 38.1 Å². The van der Waals surface area contributed by atoms with Crippen LogP contribution in [0.4, 0.5) is 0 Å². The molecule has 0 aliphatic rings.